The van der Waals surface area contributed by atoms with Gasteiger partial charge in [0, 0.05) is 17.8 Å². The molecule has 3 fully saturated rings. The maximum Gasteiger partial charge on any atom is 0.155 e. The van der Waals surface area contributed by atoms with E-state index in [2.05, 4.69) is 20.4 Å². The van der Waals surface area contributed by atoms with Gasteiger partial charge >= 0.3 is 0 Å². The largest absolute Gasteiger partial charge is 0.300 e. The quantitative estimate of drug-likeness (QED) is 0.641. The third-order valence-electron chi connectivity index (χ3n) is 8.76. The van der Waals surface area contributed by atoms with E-state index >= 15 is 0 Å². The minimum absolute atomic E-state index is 0.0507. The Hall–Kier alpha value is -1.18. The number of ketones is 2. The second-order valence-corrected chi connectivity index (χ2v) is 9.57. The summed E-state index contributed by atoms with van der Waals surface area (Å²) in [5, 5.41) is 0. The molecule has 4 rings (SSSR count). The van der Waals surface area contributed by atoms with Crippen molar-refractivity contribution in [3.8, 4) is 0 Å². The van der Waals surface area contributed by atoms with Crippen LogP contribution in [0.25, 0.3) is 0 Å². The summed E-state index contributed by atoms with van der Waals surface area (Å²) in [5.41, 5.74) is 2.94. The van der Waals surface area contributed by atoms with E-state index in [0.29, 0.717) is 29.3 Å². The van der Waals surface area contributed by atoms with Gasteiger partial charge in [-0.25, -0.2) is 0 Å². The minimum Gasteiger partial charge on any atom is -0.300 e. The van der Waals surface area contributed by atoms with Gasteiger partial charge in [0.1, 0.15) is 5.78 Å². The fourth-order valence-electron chi connectivity index (χ4n) is 7.63. The number of hydrogen-bond donors (Lipinski definition) is 0. The highest BCUT2D eigenvalue weighted by molar-refractivity contribution is 5.91. The number of rotatable bonds is 2. The Labute approximate surface area is 152 Å². The van der Waals surface area contributed by atoms with Crippen molar-refractivity contribution >= 4 is 11.6 Å². The molecule has 0 bridgehead atoms. The third-order valence-corrected chi connectivity index (χ3v) is 8.76. The predicted molar refractivity (Wildman–Crippen MR) is 100 cm³/mol. The summed E-state index contributed by atoms with van der Waals surface area (Å²) in [7, 11) is 0. The van der Waals surface area contributed by atoms with E-state index in [9.17, 15) is 9.59 Å². The van der Waals surface area contributed by atoms with Crippen LogP contribution >= 0.6 is 0 Å². The van der Waals surface area contributed by atoms with Crippen LogP contribution in [0, 0.1) is 34.5 Å². The van der Waals surface area contributed by atoms with E-state index in [4.69, 9.17) is 0 Å². The minimum atomic E-state index is 0.0507. The van der Waals surface area contributed by atoms with Gasteiger partial charge < -0.3 is 0 Å². The van der Waals surface area contributed by atoms with Gasteiger partial charge in [-0.2, -0.15) is 0 Å². The molecule has 0 N–H and O–H groups in total. The van der Waals surface area contributed by atoms with E-state index in [1.54, 1.807) is 6.92 Å². The van der Waals surface area contributed by atoms with Crippen molar-refractivity contribution < 1.29 is 9.59 Å². The molecule has 0 spiro atoms. The van der Waals surface area contributed by atoms with Crippen LogP contribution in [0.5, 0.6) is 0 Å². The Morgan fingerprint density at radius 2 is 1.84 bits per heavy atom. The summed E-state index contributed by atoms with van der Waals surface area (Å²) < 4.78 is 0. The molecule has 0 aromatic heterocycles. The van der Waals surface area contributed by atoms with E-state index in [0.717, 1.165) is 32.1 Å². The molecule has 136 valence electrons. The number of carbonyl (C=O) groups is 2. The summed E-state index contributed by atoms with van der Waals surface area (Å²) in [6.07, 6.45) is 10.6. The highest BCUT2D eigenvalue weighted by Crippen LogP contribution is 2.68. The lowest BCUT2D eigenvalue weighted by atomic mass is 9.45. The second kappa shape index (κ2) is 5.66. The van der Waals surface area contributed by atoms with Crippen LogP contribution in [0.4, 0.5) is 0 Å². The number of allylic oxidation sites excluding steroid dienone is 2. The molecular weight excluding hydrogens is 308 g/mol. The van der Waals surface area contributed by atoms with Gasteiger partial charge in [-0.05, 0) is 88.0 Å². The molecule has 0 radical (unpaired) electrons. The number of Topliss-reactive ketones (excluding diaryl/α,β-unsaturated/α-hetero) is 1. The molecule has 25 heavy (non-hydrogen) atoms. The van der Waals surface area contributed by atoms with Crippen molar-refractivity contribution in [1.82, 2.24) is 0 Å². The summed E-state index contributed by atoms with van der Waals surface area (Å²) in [6.45, 7) is 10.8. The molecule has 0 aliphatic heterocycles. The van der Waals surface area contributed by atoms with E-state index in [-0.39, 0.29) is 16.7 Å². The van der Waals surface area contributed by atoms with E-state index in [1.807, 2.05) is 6.08 Å². The zero-order valence-electron chi connectivity index (χ0n) is 16.1. The van der Waals surface area contributed by atoms with Crippen molar-refractivity contribution in [2.75, 3.05) is 0 Å². The number of hydrogen-bond acceptors (Lipinski definition) is 2. The van der Waals surface area contributed by atoms with Crippen LogP contribution in [-0.2, 0) is 9.59 Å². The van der Waals surface area contributed by atoms with Crippen molar-refractivity contribution in [2.24, 2.45) is 34.5 Å². The van der Waals surface area contributed by atoms with Crippen LogP contribution in [0.3, 0.4) is 0 Å². The fraction of sp³-hybridized carbons (Fsp3) is 0.739. The summed E-state index contributed by atoms with van der Waals surface area (Å²) in [6, 6.07) is 0. The highest BCUT2D eigenvalue weighted by Gasteiger charge is 2.61. The Balaban J connectivity index is 1.72. The Bertz CT molecular complexity index is 672. The lowest BCUT2D eigenvalue weighted by molar-refractivity contribution is -0.127. The normalized spacial score (nSPS) is 45.9. The first kappa shape index (κ1) is 17.2. The molecule has 0 unspecified atom stereocenters. The number of fused-ring (bicyclic) bond motifs is 5. The van der Waals surface area contributed by atoms with Crippen LogP contribution in [0.15, 0.2) is 23.8 Å². The van der Waals surface area contributed by atoms with Gasteiger partial charge in [-0.1, -0.05) is 24.6 Å². The first-order valence-corrected chi connectivity index (χ1v) is 10.2. The fourth-order valence-corrected chi connectivity index (χ4v) is 7.63. The monoisotopic (exact) mass is 340 g/mol. The molecule has 2 heteroatoms. The first-order chi connectivity index (χ1) is 11.8. The average Bonchev–Trinajstić information content (AvgIpc) is 2.96. The molecule has 4 aliphatic rings. The zero-order chi connectivity index (χ0) is 18.0. The first-order valence-electron chi connectivity index (χ1n) is 10.2. The molecule has 0 heterocycles. The van der Waals surface area contributed by atoms with Gasteiger partial charge in [0.15, 0.2) is 5.78 Å². The molecule has 0 saturated heterocycles. The Kier molecular flexibility index (Phi) is 3.90. The average molecular weight is 341 g/mol. The van der Waals surface area contributed by atoms with Gasteiger partial charge in [-0.15, -0.1) is 0 Å². The second-order valence-electron chi connectivity index (χ2n) is 9.57. The molecule has 2 nitrogen and oxygen atoms in total. The standard InChI is InChI=1S/C23H32O2/c1-14(2)23-12-10-20-18(21(23)8-7-19(23)15(3)24)6-5-16-13-17(25)9-11-22(16,20)4/h13,18-21H,1,5-12H2,2-4H3/t18-,19-,20+,21+,22+,23+/m1/s1. The molecule has 0 aromatic rings. The molecule has 0 aromatic carbocycles. The van der Waals surface area contributed by atoms with Gasteiger partial charge in [0.05, 0.1) is 0 Å². The number of carbonyl (C=O) groups excluding carboxylic acids is 2. The van der Waals surface area contributed by atoms with Gasteiger partial charge in [0.25, 0.3) is 0 Å². The van der Waals surface area contributed by atoms with Crippen LogP contribution < -0.4 is 0 Å². The molecule has 4 aliphatic carbocycles. The topological polar surface area (TPSA) is 34.1 Å². The maximum atomic E-state index is 12.4. The van der Waals surface area contributed by atoms with Crippen LogP contribution in [0.2, 0.25) is 0 Å². The molecule has 0 amide bonds. The van der Waals surface area contributed by atoms with E-state index < -0.39 is 0 Å². The highest BCUT2D eigenvalue weighted by atomic mass is 16.1. The van der Waals surface area contributed by atoms with Crippen molar-refractivity contribution in [2.45, 2.75) is 72.1 Å². The summed E-state index contributed by atoms with van der Waals surface area (Å²) >= 11 is 0. The van der Waals surface area contributed by atoms with Crippen LogP contribution in [0.1, 0.15) is 72.1 Å². The molecule has 3 saturated carbocycles. The SMILES string of the molecule is C=C(C)[C@]12CC[C@H]3[C@@H](CCC4=CC(=O)CC[C@@]43C)[C@@H]1CC[C@@H]2C(C)=O. The Morgan fingerprint density at radius 3 is 2.52 bits per heavy atom. The van der Waals surface area contributed by atoms with Gasteiger partial charge in [-0.3, -0.25) is 9.59 Å². The van der Waals surface area contributed by atoms with Crippen molar-refractivity contribution in [3.05, 3.63) is 23.8 Å². The van der Waals surface area contributed by atoms with Gasteiger partial charge in [0.2, 0.25) is 0 Å². The zero-order valence-corrected chi connectivity index (χ0v) is 16.1. The smallest absolute Gasteiger partial charge is 0.155 e. The van der Waals surface area contributed by atoms with Crippen molar-refractivity contribution in [3.63, 3.8) is 0 Å². The molecule has 6 atom stereocenters. The lowest BCUT2D eigenvalue weighted by Crippen LogP contribution is -2.52. The van der Waals surface area contributed by atoms with E-state index in [1.165, 1.54) is 30.4 Å². The Morgan fingerprint density at radius 1 is 1.08 bits per heavy atom. The predicted octanol–water partition coefficient (Wildman–Crippen LogP) is 5.28. The summed E-state index contributed by atoms with van der Waals surface area (Å²) in [4.78, 5) is 24.3. The summed E-state index contributed by atoms with van der Waals surface area (Å²) in [5.74, 6) is 2.89. The van der Waals surface area contributed by atoms with Crippen LogP contribution in [-0.4, -0.2) is 11.6 Å². The molecular formula is C23H32O2. The maximum absolute atomic E-state index is 12.4. The lowest BCUT2D eigenvalue weighted by Gasteiger charge is -2.59. The third kappa shape index (κ3) is 2.22. The van der Waals surface area contributed by atoms with Crippen molar-refractivity contribution in [1.29, 1.82) is 0 Å².